The van der Waals surface area contributed by atoms with Crippen LogP contribution < -0.4 is 0 Å². The number of nitrogens with zero attached hydrogens (tertiary/aromatic N) is 1. The third-order valence-electron chi connectivity index (χ3n) is 3.58. The van der Waals surface area contributed by atoms with Crippen molar-refractivity contribution in [3.05, 3.63) is 51.7 Å². The Kier molecular flexibility index (Phi) is 4.70. The molecule has 1 atom stereocenters. The lowest BCUT2D eigenvalue weighted by atomic mass is 10.0. The fourth-order valence-electron chi connectivity index (χ4n) is 2.62. The summed E-state index contributed by atoms with van der Waals surface area (Å²) < 4.78 is 23.8. The number of hydrogen-bond donors (Lipinski definition) is 2. The average Bonchev–Trinajstić information content (AvgIpc) is 2.85. The average molecular weight is 430 g/mol. The highest BCUT2D eigenvalue weighted by Crippen LogP contribution is 2.38. The maximum Gasteiger partial charge on any atom is 0.150 e. The Bertz CT molecular complexity index is 1000. The van der Waals surface area contributed by atoms with E-state index in [2.05, 4.69) is 25.9 Å². The van der Waals surface area contributed by atoms with E-state index in [-0.39, 0.29) is 5.75 Å². The Morgan fingerprint density at radius 1 is 1.38 bits per heavy atom. The van der Waals surface area contributed by atoms with Crippen LogP contribution >= 0.6 is 27.5 Å². The highest BCUT2D eigenvalue weighted by molar-refractivity contribution is 9.10. The standard InChI is InChI=1S/C16H14BrClN2O3S/c1-24(22,23)8-14(21)16-15(12-4-2-3-5-19-12)9-6-11(18)10(17)7-13(9)20-16/h2-7,14,20-21H,8H2,1H3. The predicted octanol–water partition coefficient (Wildman–Crippen LogP) is 3.72. The number of aliphatic hydroxyl groups is 1. The number of fused-ring (bicyclic) bond motifs is 1. The topological polar surface area (TPSA) is 83.0 Å². The highest BCUT2D eigenvalue weighted by atomic mass is 79.9. The van der Waals surface area contributed by atoms with Gasteiger partial charge in [0.15, 0.2) is 0 Å². The summed E-state index contributed by atoms with van der Waals surface area (Å²) in [5.41, 5.74) is 2.42. The molecule has 3 aromatic rings. The van der Waals surface area contributed by atoms with Crippen molar-refractivity contribution in [2.45, 2.75) is 6.10 Å². The van der Waals surface area contributed by atoms with Gasteiger partial charge >= 0.3 is 0 Å². The largest absolute Gasteiger partial charge is 0.386 e. The van der Waals surface area contributed by atoms with Crippen molar-refractivity contribution in [1.29, 1.82) is 0 Å². The molecule has 1 aromatic carbocycles. The van der Waals surface area contributed by atoms with Crippen molar-refractivity contribution in [2.24, 2.45) is 0 Å². The summed E-state index contributed by atoms with van der Waals surface area (Å²) >= 11 is 9.57. The van der Waals surface area contributed by atoms with Crippen LogP contribution in [0.2, 0.25) is 5.02 Å². The van der Waals surface area contributed by atoms with Crippen LogP contribution in [0.15, 0.2) is 41.0 Å². The van der Waals surface area contributed by atoms with Crippen molar-refractivity contribution < 1.29 is 13.5 Å². The SMILES string of the molecule is CS(=O)(=O)CC(O)c1[nH]c2cc(Br)c(Cl)cc2c1-c1ccccn1. The van der Waals surface area contributed by atoms with Gasteiger partial charge in [-0.2, -0.15) is 0 Å². The van der Waals surface area contributed by atoms with Gasteiger partial charge in [-0.1, -0.05) is 17.7 Å². The summed E-state index contributed by atoms with van der Waals surface area (Å²) in [6.07, 6.45) is 1.54. The van der Waals surface area contributed by atoms with Crippen LogP contribution in [0.5, 0.6) is 0 Å². The number of sulfone groups is 1. The van der Waals surface area contributed by atoms with Gasteiger partial charge in [0.05, 0.1) is 22.2 Å². The summed E-state index contributed by atoms with van der Waals surface area (Å²) in [6, 6.07) is 8.97. The molecule has 0 spiro atoms. The summed E-state index contributed by atoms with van der Waals surface area (Å²) in [4.78, 5) is 7.44. The number of aliphatic hydroxyl groups excluding tert-OH is 1. The van der Waals surface area contributed by atoms with Crippen LogP contribution in [0.4, 0.5) is 0 Å². The molecule has 126 valence electrons. The van der Waals surface area contributed by atoms with Gasteiger partial charge in [0.2, 0.25) is 0 Å². The summed E-state index contributed by atoms with van der Waals surface area (Å²) in [5.74, 6) is -0.380. The van der Waals surface area contributed by atoms with Gasteiger partial charge in [0.25, 0.3) is 0 Å². The number of pyridine rings is 1. The highest BCUT2D eigenvalue weighted by Gasteiger charge is 2.24. The first kappa shape index (κ1) is 17.4. The van der Waals surface area contributed by atoms with E-state index in [1.165, 1.54) is 0 Å². The smallest absolute Gasteiger partial charge is 0.150 e. The van der Waals surface area contributed by atoms with E-state index in [1.807, 2.05) is 6.07 Å². The lowest BCUT2D eigenvalue weighted by molar-refractivity contribution is 0.198. The molecular weight excluding hydrogens is 416 g/mol. The number of aromatic nitrogens is 2. The van der Waals surface area contributed by atoms with E-state index in [9.17, 15) is 13.5 Å². The quantitative estimate of drug-likeness (QED) is 0.662. The zero-order chi connectivity index (χ0) is 17.5. The van der Waals surface area contributed by atoms with E-state index in [0.29, 0.717) is 26.4 Å². The first-order chi connectivity index (χ1) is 11.3. The number of benzene rings is 1. The van der Waals surface area contributed by atoms with Gasteiger partial charge < -0.3 is 10.1 Å². The second kappa shape index (κ2) is 6.48. The molecule has 0 saturated carbocycles. The second-order valence-electron chi connectivity index (χ2n) is 5.55. The van der Waals surface area contributed by atoms with E-state index in [0.717, 1.165) is 17.2 Å². The Morgan fingerprint density at radius 2 is 2.12 bits per heavy atom. The molecule has 0 bridgehead atoms. The van der Waals surface area contributed by atoms with Crippen LogP contribution in [0.1, 0.15) is 11.8 Å². The van der Waals surface area contributed by atoms with Crippen molar-refractivity contribution in [2.75, 3.05) is 12.0 Å². The first-order valence-corrected chi connectivity index (χ1v) is 10.3. The van der Waals surface area contributed by atoms with Gasteiger partial charge in [-0.15, -0.1) is 0 Å². The fourth-order valence-corrected chi connectivity index (χ4v) is 3.86. The molecule has 2 N–H and O–H groups in total. The summed E-state index contributed by atoms with van der Waals surface area (Å²) in [7, 11) is -3.35. The third-order valence-corrected chi connectivity index (χ3v) is 5.70. The maximum absolute atomic E-state index is 11.6. The Balaban J connectivity index is 2.28. The van der Waals surface area contributed by atoms with Crippen molar-refractivity contribution >= 4 is 48.3 Å². The van der Waals surface area contributed by atoms with E-state index >= 15 is 0 Å². The minimum Gasteiger partial charge on any atom is -0.386 e. The lowest BCUT2D eigenvalue weighted by Gasteiger charge is -2.11. The van der Waals surface area contributed by atoms with Crippen LogP contribution in [-0.4, -0.2) is 35.5 Å². The minimum absolute atomic E-state index is 0.380. The molecule has 2 heterocycles. The molecule has 8 heteroatoms. The van der Waals surface area contributed by atoms with Gasteiger partial charge in [-0.25, -0.2) is 8.42 Å². The third kappa shape index (κ3) is 3.49. The second-order valence-corrected chi connectivity index (χ2v) is 9.00. The molecular formula is C16H14BrClN2O3S. The molecule has 0 radical (unpaired) electrons. The molecule has 0 aliphatic carbocycles. The zero-order valence-corrected chi connectivity index (χ0v) is 15.8. The zero-order valence-electron chi connectivity index (χ0n) is 12.6. The van der Waals surface area contributed by atoms with Crippen LogP contribution in [-0.2, 0) is 9.84 Å². The molecule has 0 aliphatic rings. The van der Waals surface area contributed by atoms with Crippen molar-refractivity contribution in [1.82, 2.24) is 9.97 Å². The van der Waals surface area contributed by atoms with Crippen molar-refractivity contribution in [3.63, 3.8) is 0 Å². The monoisotopic (exact) mass is 428 g/mol. The predicted molar refractivity (Wildman–Crippen MR) is 98.9 cm³/mol. The van der Waals surface area contributed by atoms with Gasteiger partial charge in [-0.05, 0) is 40.2 Å². The molecule has 5 nitrogen and oxygen atoms in total. The Morgan fingerprint density at radius 3 is 2.75 bits per heavy atom. The van der Waals surface area contributed by atoms with E-state index in [4.69, 9.17) is 11.6 Å². The van der Waals surface area contributed by atoms with Crippen molar-refractivity contribution in [3.8, 4) is 11.3 Å². The first-order valence-electron chi connectivity index (χ1n) is 7.04. The van der Waals surface area contributed by atoms with Gasteiger partial charge in [0.1, 0.15) is 15.9 Å². The molecule has 0 amide bonds. The molecule has 0 fully saturated rings. The van der Waals surface area contributed by atoms with Crippen LogP contribution in [0.3, 0.4) is 0 Å². The van der Waals surface area contributed by atoms with Crippen LogP contribution in [0, 0.1) is 0 Å². The fraction of sp³-hybridized carbons (Fsp3) is 0.188. The number of nitrogens with one attached hydrogen (secondary N) is 1. The molecule has 1 unspecified atom stereocenters. The molecule has 0 saturated heterocycles. The number of halogens is 2. The van der Waals surface area contributed by atoms with E-state index in [1.54, 1.807) is 30.5 Å². The minimum atomic E-state index is -3.35. The summed E-state index contributed by atoms with van der Waals surface area (Å²) in [6.45, 7) is 0. The molecule has 3 rings (SSSR count). The molecule has 2 aromatic heterocycles. The van der Waals surface area contributed by atoms with Gasteiger partial charge in [-0.3, -0.25) is 4.98 Å². The normalized spacial score (nSPS) is 13.3. The number of rotatable bonds is 4. The molecule has 24 heavy (non-hydrogen) atoms. The van der Waals surface area contributed by atoms with Gasteiger partial charge in [0, 0.05) is 33.4 Å². The molecule has 0 aliphatic heterocycles. The van der Waals surface area contributed by atoms with Crippen LogP contribution in [0.25, 0.3) is 22.2 Å². The van der Waals surface area contributed by atoms with E-state index < -0.39 is 15.9 Å². The summed E-state index contributed by atoms with van der Waals surface area (Å²) in [5, 5.41) is 11.7. The number of H-pyrrole nitrogens is 1. The Hall–Kier alpha value is -1.41. The number of aromatic amines is 1. The number of hydrogen-bond acceptors (Lipinski definition) is 4. The maximum atomic E-state index is 11.6. The Labute approximate surface area is 152 Å². The lowest BCUT2D eigenvalue weighted by Crippen LogP contribution is -2.13.